The maximum absolute atomic E-state index is 12.2. The second-order valence-corrected chi connectivity index (χ2v) is 5.28. The molecule has 88 valence electrons. The number of rotatable bonds is 4. The smallest absolute Gasteiger partial charge is 0.265 e. The Balaban J connectivity index is 2.11. The van der Waals surface area contributed by atoms with Crippen LogP contribution in [-0.2, 0) is 0 Å². The standard InChI is InChI=1S/C11H17N3OS/c1-3-14(6-8-4-5-8)10(15)9-7(2)13-11(12)16-9/h8H,3-6H2,1-2H3,(H2,12,13). The van der Waals surface area contributed by atoms with E-state index in [1.54, 1.807) is 0 Å². The molecular formula is C11H17N3OS. The van der Waals surface area contributed by atoms with Gasteiger partial charge in [0.2, 0.25) is 0 Å². The van der Waals surface area contributed by atoms with Gasteiger partial charge in [-0.3, -0.25) is 4.79 Å². The highest BCUT2D eigenvalue weighted by molar-refractivity contribution is 7.17. The largest absolute Gasteiger partial charge is 0.375 e. The van der Waals surface area contributed by atoms with Gasteiger partial charge in [0.25, 0.3) is 5.91 Å². The molecule has 0 aromatic carbocycles. The van der Waals surface area contributed by atoms with E-state index in [-0.39, 0.29) is 5.91 Å². The van der Waals surface area contributed by atoms with E-state index in [2.05, 4.69) is 4.98 Å². The first kappa shape index (κ1) is 11.4. The highest BCUT2D eigenvalue weighted by Gasteiger charge is 2.27. The van der Waals surface area contributed by atoms with Crippen molar-refractivity contribution in [2.75, 3.05) is 18.8 Å². The molecule has 4 nitrogen and oxygen atoms in total. The van der Waals surface area contributed by atoms with Gasteiger partial charge in [0.15, 0.2) is 5.13 Å². The first-order valence-electron chi connectivity index (χ1n) is 5.64. The van der Waals surface area contributed by atoms with Gasteiger partial charge >= 0.3 is 0 Å². The van der Waals surface area contributed by atoms with Gasteiger partial charge in [0.05, 0.1) is 5.69 Å². The number of aryl methyl sites for hydroxylation is 1. The third-order valence-corrected chi connectivity index (χ3v) is 3.83. The van der Waals surface area contributed by atoms with Crippen LogP contribution in [-0.4, -0.2) is 28.9 Å². The number of nitrogens with zero attached hydrogens (tertiary/aromatic N) is 2. The van der Waals surface area contributed by atoms with E-state index in [1.165, 1.54) is 24.2 Å². The van der Waals surface area contributed by atoms with Crippen LogP contribution in [0.3, 0.4) is 0 Å². The number of carbonyl (C=O) groups is 1. The van der Waals surface area contributed by atoms with Crippen LogP contribution >= 0.6 is 11.3 Å². The minimum absolute atomic E-state index is 0.0844. The zero-order valence-corrected chi connectivity index (χ0v) is 10.5. The van der Waals surface area contributed by atoms with E-state index in [0.717, 1.165) is 24.7 Å². The van der Waals surface area contributed by atoms with Gasteiger partial charge in [-0.1, -0.05) is 11.3 Å². The fourth-order valence-corrected chi connectivity index (χ4v) is 2.53. The van der Waals surface area contributed by atoms with Gasteiger partial charge in [0.1, 0.15) is 4.88 Å². The number of amides is 1. The minimum atomic E-state index is 0.0844. The molecule has 2 N–H and O–H groups in total. The van der Waals surface area contributed by atoms with Crippen molar-refractivity contribution in [2.24, 2.45) is 5.92 Å². The van der Waals surface area contributed by atoms with Crippen molar-refractivity contribution in [3.05, 3.63) is 10.6 Å². The summed E-state index contributed by atoms with van der Waals surface area (Å²) in [5, 5.41) is 0.475. The topological polar surface area (TPSA) is 59.2 Å². The Kier molecular flexibility index (Phi) is 3.14. The van der Waals surface area contributed by atoms with Crippen LogP contribution in [0.4, 0.5) is 5.13 Å². The SMILES string of the molecule is CCN(CC1CC1)C(=O)c1sc(N)nc1C. The Hall–Kier alpha value is -1.10. The van der Waals surface area contributed by atoms with Crippen LogP contribution in [0.2, 0.25) is 0 Å². The van der Waals surface area contributed by atoms with Gasteiger partial charge in [-0.25, -0.2) is 4.98 Å². The lowest BCUT2D eigenvalue weighted by Gasteiger charge is -2.19. The quantitative estimate of drug-likeness (QED) is 0.873. The van der Waals surface area contributed by atoms with E-state index in [9.17, 15) is 4.79 Å². The second-order valence-electron chi connectivity index (χ2n) is 4.25. The summed E-state index contributed by atoms with van der Waals surface area (Å²) in [6.07, 6.45) is 2.52. The summed E-state index contributed by atoms with van der Waals surface area (Å²) in [7, 11) is 0. The molecule has 0 spiro atoms. The van der Waals surface area contributed by atoms with Gasteiger partial charge in [-0.15, -0.1) is 0 Å². The normalized spacial score (nSPS) is 15.1. The summed E-state index contributed by atoms with van der Waals surface area (Å²) in [6.45, 7) is 5.49. The molecule has 1 heterocycles. The number of nitrogens with two attached hydrogens (primary N) is 1. The Morgan fingerprint density at radius 3 is 2.75 bits per heavy atom. The molecule has 1 aliphatic carbocycles. The average Bonchev–Trinajstić information content (AvgIpc) is 2.99. The first-order chi connectivity index (χ1) is 7.61. The number of hydrogen-bond acceptors (Lipinski definition) is 4. The van der Waals surface area contributed by atoms with Crippen molar-refractivity contribution in [1.82, 2.24) is 9.88 Å². The summed E-state index contributed by atoms with van der Waals surface area (Å²) in [4.78, 5) is 18.9. The van der Waals surface area contributed by atoms with Crippen LogP contribution in [0, 0.1) is 12.8 Å². The molecule has 0 saturated heterocycles. The lowest BCUT2D eigenvalue weighted by Crippen LogP contribution is -2.32. The molecule has 0 aliphatic heterocycles. The van der Waals surface area contributed by atoms with Crippen molar-refractivity contribution >= 4 is 22.4 Å². The lowest BCUT2D eigenvalue weighted by molar-refractivity contribution is 0.0761. The van der Waals surface area contributed by atoms with Gasteiger partial charge in [-0.05, 0) is 32.6 Å². The molecule has 0 atom stereocenters. The molecule has 1 aliphatic rings. The molecular weight excluding hydrogens is 222 g/mol. The summed E-state index contributed by atoms with van der Waals surface area (Å²) in [5.41, 5.74) is 6.36. The monoisotopic (exact) mass is 239 g/mol. The van der Waals surface area contributed by atoms with Crippen LogP contribution in [0.15, 0.2) is 0 Å². The van der Waals surface area contributed by atoms with Crippen LogP contribution < -0.4 is 5.73 Å². The maximum Gasteiger partial charge on any atom is 0.265 e. The second kappa shape index (κ2) is 4.41. The summed E-state index contributed by atoms with van der Waals surface area (Å²) in [5.74, 6) is 0.801. The van der Waals surface area contributed by atoms with Gasteiger partial charge < -0.3 is 10.6 Å². The van der Waals surface area contributed by atoms with Crippen LogP contribution in [0.25, 0.3) is 0 Å². The van der Waals surface area contributed by atoms with E-state index >= 15 is 0 Å². The zero-order chi connectivity index (χ0) is 11.7. The molecule has 2 rings (SSSR count). The molecule has 5 heteroatoms. The molecule has 1 amide bonds. The third-order valence-electron chi connectivity index (χ3n) is 2.85. The number of nitrogen functional groups attached to an aromatic ring is 1. The summed E-state index contributed by atoms with van der Waals surface area (Å²) >= 11 is 1.29. The zero-order valence-electron chi connectivity index (χ0n) is 9.69. The fraction of sp³-hybridized carbons (Fsp3) is 0.636. The highest BCUT2D eigenvalue weighted by atomic mass is 32.1. The van der Waals surface area contributed by atoms with Crippen LogP contribution in [0.5, 0.6) is 0 Å². The van der Waals surface area contributed by atoms with Gasteiger partial charge in [0, 0.05) is 13.1 Å². The molecule has 16 heavy (non-hydrogen) atoms. The van der Waals surface area contributed by atoms with Crippen LogP contribution in [0.1, 0.15) is 35.1 Å². The number of thiazole rings is 1. The predicted octanol–water partition coefficient (Wildman–Crippen LogP) is 1.91. The first-order valence-corrected chi connectivity index (χ1v) is 6.45. The number of carbonyl (C=O) groups excluding carboxylic acids is 1. The van der Waals surface area contributed by atoms with Crippen molar-refractivity contribution in [1.29, 1.82) is 0 Å². The molecule has 1 saturated carbocycles. The predicted molar refractivity (Wildman–Crippen MR) is 65.6 cm³/mol. The maximum atomic E-state index is 12.2. The molecule has 1 aromatic heterocycles. The average molecular weight is 239 g/mol. The van der Waals surface area contributed by atoms with Crippen molar-refractivity contribution in [3.8, 4) is 0 Å². The Morgan fingerprint density at radius 2 is 2.31 bits per heavy atom. The van der Waals surface area contributed by atoms with E-state index < -0.39 is 0 Å². The Morgan fingerprint density at radius 1 is 1.62 bits per heavy atom. The highest BCUT2D eigenvalue weighted by Crippen LogP contribution is 2.31. The van der Waals surface area contributed by atoms with E-state index in [0.29, 0.717) is 10.0 Å². The van der Waals surface area contributed by atoms with Crippen molar-refractivity contribution in [2.45, 2.75) is 26.7 Å². The number of hydrogen-bond donors (Lipinski definition) is 1. The summed E-state index contributed by atoms with van der Waals surface area (Å²) < 4.78 is 0. The molecule has 0 unspecified atom stereocenters. The van der Waals surface area contributed by atoms with Crippen molar-refractivity contribution < 1.29 is 4.79 Å². The molecule has 1 aromatic rings. The fourth-order valence-electron chi connectivity index (χ4n) is 1.73. The Labute approximate surface area is 99.5 Å². The Bertz CT molecular complexity index is 398. The van der Waals surface area contributed by atoms with E-state index in [1.807, 2.05) is 18.7 Å². The summed E-state index contributed by atoms with van der Waals surface area (Å²) in [6, 6.07) is 0. The molecule has 0 radical (unpaired) electrons. The van der Waals surface area contributed by atoms with Crippen molar-refractivity contribution in [3.63, 3.8) is 0 Å². The number of aromatic nitrogens is 1. The molecule has 0 bridgehead atoms. The van der Waals surface area contributed by atoms with E-state index in [4.69, 9.17) is 5.73 Å². The molecule has 1 fully saturated rings. The minimum Gasteiger partial charge on any atom is -0.375 e. The van der Waals surface area contributed by atoms with Gasteiger partial charge in [-0.2, -0.15) is 0 Å². The lowest BCUT2D eigenvalue weighted by atomic mass is 10.3. The number of anilines is 1. The third kappa shape index (κ3) is 2.35.